The fourth-order valence-electron chi connectivity index (χ4n) is 5.13. The van der Waals surface area contributed by atoms with Gasteiger partial charge >= 0.3 is 11.9 Å². The maximum absolute atomic E-state index is 14.3. The first-order valence-electron chi connectivity index (χ1n) is 9.25. The van der Waals surface area contributed by atoms with E-state index in [4.69, 9.17) is 9.47 Å². The van der Waals surface area contributed by atoms with E-state index >= 15 is 0 Å². The number of nitrogens with zero attached hydrogens (tertiary/aromatic N) is 4. The van der Waals surface area contributed by atoms with Crippen LogP contribution in [0.3, 0.4) is 0 Å². The number of thiazole rings is 2. The molecule has 160 valence electrons. The van der Waals surface area contributed by atoms with Gasteiger partial charge in [-0.2, -0.15) is 0 Å². The highest BCUT2D eigenvalue weighted by atomic mass is 32.1. The fourth-order valence-corrected chi connectivity index (χ4v) is 6.88. The van der Waals surface area contributed by atoms with Gasteiger partial charge in [-0.15, -0.1) is 22.7 Å². The molecule has 2 saturated heterocycles. The molecule has 2 fully saturated rings. The largest absolute Gasteiger partial charge is 0.468 e. The zero-order valence-electron chi connectivity index (χ0n) is 17.0. The van der Waals surface area contributed by atoms with Crippen LogP contribution in [0.5, 0.6) is 0 Å². The van der Waals surface area contributed by atoms with E-state index in [0.717, 1.165) is 0 Å². The molecule has 4 heterocycles. The molecule has 4 rings (SSSR count). The van der Waals surface area contributed by atoms with E-state index in [2.05, 4.69) is 9.97 Å². The van der Waals surface area contributed by atoms with Crippen molar-refractivity contribution in [1.29, 1.82) is 0 Å². The molecule has 2 aliphatic rings. The van der Waals surface area contributed by atoms with Crippen LogP contribution >= 0.6 is 22.7 Å². The smallest absolute Gasteiger partial charge is 0.322 e. The second-order valence-corrected chi connectivity index (χ2v) is 9.49. The van der Waals surface area contributed by atoms with Crippen LogP contribution in [0.1, 0.15) is 22.1 Å². The summed E-state index contributed by atoms with van der Waals surface area (Å²) in [6.45, 7) is 0.215. The Morgan fingerprint density at radius 3 is 1.73 bits per heavy atom. The summed E-state index contributed by atoms with van der Waals surface area (Å²) in [7, 11) is 6.09. The van der Waals surface area contributed by atoms with Crippen molar-refractivity contribution in [2.45, 2.75) is 12.1 Å². The lowest BCUT2D eigenvalue weighted by molar-refractivity contribution is -0.202. The second kappa shape index (κ2) is 7.49. The van der Waals surface area contributed by atoms with Gasteiger partial charge in [-0.1, -0.05) is 0 Å². The highest BCUT2D eigenvalue weighted by Crippen LogP contribution is 2.60. The molecule has 2 bridgehead atoms. The fraction of sp³-hybridized carbons (Fsp3) is 0.526. The molecule has 2 aromatic heterocycles. The number of ether oxygens (including phenoxy) is 2. The van der Waals surface area contributed by atoms with Crippen LogP contribution in [-0.4, -0.2) is 78.9 Å². The third kappa shape index (κ3) is 2.62. The van der Waals surface area contributed by atoms with Crippen molar-refractivity contribution >= 4 is 40.4 Å². The lowest BCUT2D eigenvalue weighted by atomic mass is 9.55. The average Bonchev–Trinajstić information content (AvgIpc) is 3.43. The zero-order chi connectivity index (χ0) is 21.7. The number of fused-ring (bicyclic) bond motifs is 2. The SMILES string of the molecule is COC(=O)C12CN(C)CC(C(=O)OC)(C1=O)C(c1nccs1)N(C)C2c1nccs1. The summed E-state index contributed by atoms with van der Waals surface area (Å²) in [6.07, 6.45) is 3.27. The first kappa shape index (κ1) is 21.0. The Balaban J connectivity index is 2.05. The molecule has 11 heteroatoms. The number of carbonyl (C=O) groups is 3. The van der Waals surface area contributed by atoms with Crippen molar-refractivity contribution in [2.24, 2.45) is 10.8 Å². The number of hydrogen-bond acceptors (Lipinski definition) is 11. The van der Waals surface area contributed by atoms with Crippen LogP contribution in [0.2, 0.25) is 0 Å². The Bertz CT molecular complexity index is 891. The highest BCUT2D eigenvalue weighted by Gasteiger charge is 2.75. The van der Waals surface area contributed by atoms with Crippen molar-refractivity contribution in [2.75, 3.05) is 41.4 Å². The summed E-state index contributed by atoms with van der Waals surface area (Å²) in [6, 6.07) is -1.43. The van der Waals surface area contributed by atoms with Gasteiger partial charge in [-0.05, 0) is 14.1 Å². The molecule has 0 saturated carbocycles. The van der Waals surface area contributed by atoms with Crippen LogP contribution < -0.4 is 0 Å². The van der Waals surface area contributed by atoms with Gasteiger partial charge in [0.25, 0.3) is 0 Å². The van der Waals surface area contributed by atoms with Gasteiger partial charge < -0.3 is 14.4 Å². The molecule has 4 atom stereocenters. The minimum absolute atomic E-state index is 0.108. The number of ketones is 1. The number of rotatable bonds is 4. The average molecular weight is 451 g/mol. The van der Waals surface area contributed by atoms with Crippen molar-refractivity contribution in [3.05, 3.63) is 33.2 Å². The predicted octanol–water partition coefficient (Wildman–Crippen LogP) is 1.16. The minimum Gasteiger partial charge on any atom is -0.468 e. The molecule has 0 aromatic carbocycles. The van der Waals surface area contributed by atoms with Gasteiger partial charge in [0.15, 0.2) is 16.6 Å². The molecule has 30 heavy (non-hydrogen) atoms. The number of likely N-dealkylation sites (tertiary alicyclic amines) is 2. The van der Waals surface area contributed by atoms with Gasteiger partial charge in [-0.3, -0.25) is 19.3 Å². The summed E-state index contributed by atoms with van der Waals surface area (Å²) in [5.74, 6) is -1.86. The molecule has 0 N–H and O–H groups in total. The van der Waals surface area contributed by atoms with Gasteiger partial charge in [0.05, 0.1) is 26.3 Å². The third-order valence-electron chi connectivity index (χ3n) is 6.07. The van der Waals surface area contributed by atoms with Crippen molar-refractivity contribution < 1.29 is 23.9 Å². The van der Waals surface area contributed by atoms with E-state index in [1.165, 1.54) is 36.9 Å². The lowest BCUT2D eigenvalue weighted by Crippen LogP contribution is -2.75. The van der Waals surface area contributed by atoms with Crippen molar-refractivity contribution in [3.63, 3.8) is 0 Å². The van der Waals surface area contributed by atoms with Crippen molar-refractivity contribution in [3.8, 4) is 0 Å². The monoisotopic (exact) mass is 450 g/mol. The number of hydrogen-bond donors (Lipinski definition) is 0. The normalized spacial score (nSPS) is 32.1. The number of carbonyl (C=O) groups excluding carboxylic acids is 3. The molecule has 4 unspecified atom stereocenters. The molecular weight excluding hydrogens is 428 g/mol. The zero-order valence-corrected chi connectivity index (χ0v) is 18.7. The predicted molar refractivity (Wildman–Crippen MR) is 109 cm³/mol. The molecule has 2 aliphatic heterocycles. The topological polar surface area (TPSA) is 102 Å². The van der Waals surface area contributed by atoms with Crippen LogP contribution in [-0.2, 0) is 23.9 Å². The maximum Gasteiger partial charge on any atom is 0.322 e. The van der Waals surface area contributed by atoms with Gasteiger partial charge in [-0.25, -0.2) is 9.97 Å². The van der Waals surface area contributed by atoms with E-state index in [-0.39, 0.29) is 13.1 Å². The molecule has 0 aliphatic carbocycles. The van der Waals surface area contributed by atoms with E-state index in [0.29, 0.717) is 10.0 Å². The Morgan fingerprint density at radius 2 is 1.40 bits per heavy atom. The van der Waals surface area contributed by atoms with Crippen molar-refractivity contribution in [1.82, 2.24) is 19.8 Å². The van der Waals surface area contributed by atoms with Gasteiger partial charge in [0.1, 0.15) is 10.0 Å². The molecular formula is C19H22N4O5S2. The van der Waals surface area contributed by atoms with Crippen LogP contribution in [0.4, 0.5) is 0 Å². The molecule has 2 aromatic rings. The molecule has 9 nitrogen and oxygen atoms in total. The Labute approximate surface area is 181 Å². The third-order valence-corrected chi connectivity index (χ3v) is 7.72. The standard InChI is InChI=1S/C19H22N4O5S2/c1-22-9-18(16(25)27-3)11(13-20-5-7-29-13)23(2)12(14-21-6-8-30-14)19(10-22,15(18)24)17(26)28-4/h5-8,11-12H,9-10H2,1-4H3. The van der Waals surface area contributed by atoms with E-state index < -0.39 is 40.6 Å². The van der Waals surface area contributed by atoms with Crippen LogP contribution in [0.15, 0.2) is 23.2 Å². The summed E-state index contributed by atoms with van der Waals surface area (Å²) in [5.41, 5.74) is -3.26. The maximum atomic E-state index is 14.3. The van der Waals surface area contributed by atoms with Crippen LogP contribution in [0, 0.1) is 10.8 Å². The first-order chi connectivity index (χ1) is 14.3. The summed E-state index contributed by atoms with van der Waals surface area (Å²) in [4.78, 5) is 53.3. The van der Waals surface area contributed by atoms with Gasteiger partial charge in [0.2, 0.25) is 0 Å². The lowest BCUT2D eigenvalue weighted by Gasteiger charge is -2.59. The number of methoxy groups -OCH3 is 2. The number of piperidine rings is 2. The van der Waals surface area contributed by atoms with E-state index in [1.807, 2.05) is 9.80 Å². The van der Waals surface area contributed by atoms with Gasteiger partial charge in [0, 0.05) is 36.2 Å². The summed E-state index contributed by atoms with van der Waals surface area (Å²) in [5, 5.41) is 4.80. The summed E-state index contributed by atoms with van der Waals surface area (Å²) >= 11 is 2.71. The molecule has 0 radical (unpaired) electrons. The van der Waals surface area contributed by atoms with E-state index in [9.17, 15) is 14.4 Å². The number of esters is 2. The first-order valence-corrected chi connectivity index (χ1v) is 11.0. The number of Topliss-reactive ketones (excluding diaryl/α,β-unsaturated/α-hetero) is 1. The Morgan fingerprint density at radius 1 is 0.967 bits per heavy atom. The number of aromatic nitrogens is 2. The minimum atomic E-state index is -1.63. The highest BCUT2D eigenvalue weighted by molar-refractivity contribution is 7.10. The second-order valence-electron chi connectivity index (χ2n) is 7.64. The Hall–Kier alpha value is -2.21. The van der Waals surface area contributed by atoms with E-state index in [1.54, 1.807) is 37.2 Å². The molecule has 0 spiro atoms. The quantitative estimate of drug-likeness (QED) is 0.501. The Kier molecular flexibility index (Phi) is 5.25. The molecule has 0 amide bonds. The summed E-state index contributed by atoms with van der Waals surface area (Å²) < 4.78 is 10.3. The van der Waals surface area contributed by atoms with Crippen LogP contribution in [0.25, 0.3) is 0 Å².